The van der Waals surface area contributed by atoms with Gasteiger partial charge in [-0.05, 0) is 19.1 Å². The first-order chi connectivity index (χ1) is 8.79. The Morgan fingerprint density at radius 1 is 1.44 bits per heavy atom. The third kappa shape index (κ3) is 3.25. The van der Waals surface area contributed by atoms with Crippen LogP contribution in [-0.2, 0) is 4.84 Å². The van der Waals surface area contributed by atoms with Crippen LogP contribution in [0.4, 0.5) is 10.9 Å². The smallest absolute Gasteiger partial charge is 0.276 e. The second-order valence-electron chi connectivity index (χ2n) is 3.26. The second kappa shape index (κ2) is 6.08. The van der Waals surface area contributed by atoms with Gasteiger partial charge in [0.15, 0.2) is 5.13 Å². The number of carbonyl (C=O) groups is 1. The zero-order chi connectivity index (χ0) is 12.8. The van der Waals surface area contributed by atoms with E-state index in [0.29, 0.717) is 18.0 Å². The van der Waals surface area contributed by atoms with Crippen molar-refractivity contribution in [3.05, 3.63) is 35.5 Å². The van der Waals surface area contributed by atoms with Crippen molar-refractivity contribution in [2.75, 3.05) is 11.9 Å². The van der Waals surface area contributed by atoms with Crippen LogP contribution in [0.3, 0.4) is 0 Å². The van der Waals surface area contributed by atoms with Crippen molar-refractivity contribution in [2.24, 2.45) is 0 Å². The van der Waals surface area contributed by atoms with Crippen molar-refractivity contribution < 1.29 is 9.63 Å². The van der Waals surface area contributed by atoms with Crippen molar-refractivity contribution in [3.8, 4) is 0 Å². The molecule has 7 heteroatoms. The van der Waals surface area contributed by atoms with Gasteiger partial charge in [0.25, 0.3) is 5.91 Å². The Balaban J connectivity index is 1.99. The summed E-state index contributed by atoms with van der Waals surface area (Å²) in [5.41, 5.74) is 2.74. The zero-order valence-corrected chi connectivity index (χ0v) is 10.5. The van der Waals surface area contributed by atoms with Crippen LogP contribution in [0.15, 0.2) is 29.9 Å². The highest BCUT2D eigenvalue weighted by atomic mass is 32.1. The predicted octanol–water partition coefficient (Wildman–Crippen LogP) is 1.96. The second-order valence-corrected chi connectivity index (χ2v) is 4.15. The van der Waals surface area contributed by atoms with E-state index in [0.717, 1.165) is 5.13 Å². The van der Waals surface area contributed by atoms with E-state index in [2.05, 4.69) is 20.8 Å². The van der Waals surface area contributed by atoms with E-state index >= 15 is 0 Å². The van der Waals surface area contributed by atoms with E-state index in [4.69, 9.17) is 4.84 Å². The molecule has 2 aromatic heterocycles. The van der Waals surface area contributed by atoms with Gasteiger partial charge < -0.3 is 5.32 Å². The molecule has 2 N–H and O–H groups in total. The molecule has 2 rings (SSSR count). The van der Waals surface area contributed by atoms with Crippen LogP contribution in [0.5, 0.6) is 0 Å². The first-order valence-electron chi connectivity index (χ1n) is 5.34. The highest BCUT2D eigenvalue weighted by Crippen LogP contribution is 2.16. The van der Waals surface area contributed by atoms with Crippen LogP contribution in [-0.4, -0.2) is 22.5 Å². The number of carbonyl (C=O) groups excluding carboxylic acids is 1. The molecular weight excluding hydrogens is 252 g/mol. The lowest BCUT2D eigenvalue weighted by atomic mass is 10.3. The Kier molecular flexibility index (Phi) is 4.21. The summed E-state index contributed by atoms with van der Waals surface area (Å²) in [6.07, 6.45) is 3.18. The normalized spacial score (nSPS) is 10.1. The fourth-order valence-electron chi connectivity index (χ4n) is 1.19. The summed E-state index contributed by atoms with van der Waals surface area (Å²) < 4.78 is 0. The molecule has 18 heavy (non-hydrogen) atoms. The molecule has 0 saturated heterocycles. The number of thiazole rings is 1. The first-order valence-corrected chi connectivity index (χ1v) is 6.22. The molecule has 0 fully saturated rings. The average molecular weight is 264 g/mol. The van der Waals surface area contributed by atoms with Gasteiger partial charge in [0.05, 0.1) is 12.2 Å². The maximum atomic E-state index is 11.5. The molecule has 0 aliphatic rings. The van der Waals surface area contributed by atoms with Crippen LogP contribution in [0.25, 0.3) is 0 Å². The maximum Gasteiger partial charge on any atom is 0.276 e. The summed E-state index contributed by atoms with van der Waals surface area (Å²) in [6, 6.07) is 3.37. The Bertz CT molecular complexity index is 498. The van der Waals surface area contributed by atoms with E-state index < -0.39 is 0 Å². The summed E-state index contributed by atoms with van der Waals surface area (Å²) in [5.74, 6) is 0.322. The summed E-state index contributed by atoms with van der Waals surface area (Å²) in [7, 11) is 0. The monoisotopic (exact) mass is 264 g/mol. The molecule has 0 aliphatic carbocycles. The number of rotatable bonds is 5. The number of hydrogen-bond acceptors (Lipinski definition) is 6. The molecule has 0 saturated carbocycles. The number of hydroxylamine groups is 1. The van der Waals surface area contributed by atoms with Crippen LogP contribution in [0.1, 0.15) is 17.3 Å². The standard InChI is InChI=1S/C11H12N4O2S/c1-2-17-15-10(16)8-3-4-9(13-7-8)14-11-12-5-6-18-11/h3-7H,2H2,1H3,(H,15,16)(H,12,13,14). The Hall–Kier alpha value is -1.99. The van der Waals surface area contributed by atoms with Gasteiger partial charge in [-0.25, -0.2) is 15.4 Å². The van der Waals surface area contributed by atoms with Crippen molar-refractivity contribution >= 4 is 28.2 Å². The lowest BCUT2D eigenvalue weighted by molar-refractivity contribution is 0.0364. The van der Waals surface area contributed by atoms with Crippen molar-refractivity contribution in [1.82, 2.24) is 15.4 Å². The molecule has 6 nitrogen and oxygen atoms in total. The van der Waals surface area contributed by atoms with Gasteiger partial charge in [0.1, 0.15) is 5.82 Å². The summed E-state index contributed by atoms with van der Waals surface area (Å²) in [6.45, 7) is 2.21. The van der Waals surface area contributed by atoms with E-state index in [9.17, 15) is 4.79 Å². The van der Waals surface area contributed by atoms with E-state index in [-0.39, 0.29) is 5.91 Å². The number of pyridine rings is 1. The molecule has 0 atom stereocenters. The number of hydrogen-bond donors (Lipinski definition) is 2. The first kappa shape index (κ1) is 12.5. The molecule has 1 amide bonds. The fraction of sp³-hybridized carbons (Fsp3) is 0.182. The number of nitrogens with one attached hydrogen (secondary N) is 2. The van der Waals surface area contributed by atoms with Crippen LogP contribution >= 0.6 is 11.3 Å². The molecule has 94 valence electrons. The van der Waals surface area contributed by atoms with Crippen LogP contribution in [0.2, 0.25) is 0 Å². The number of aromatic nitrogens is 2. The maximum absolute atomic E-state index is 11.5. The minimum Gasteiger partial charge on any atom is -0.316 e. The number of nitrogens with zero attached hydrogens (tertiary/aromatic N) is 2. The predicted molar refractivity (Wildman–Crippen MR) is 68.7 cm³/mol. The van der Waals surface area contributed by atoms with Gasteiger partial charge in [-0.2, -0.15) is 0 Å². The molecule has 2 aromatic rings. The average Bonchev–Trinajstić information content (AvgIpc) is 2.89. The zero-order valence-electron chi connectivity index (χ0n) is 9.71. The topological polar surface area (TPSA) is 76.1 Å². The van der Waals surface area contributed by atoms with Crippen molar-refractivity contribution in [3.63, 3.8) is 0 Å². The minimum atomic E-state index is -0.315. The fourth-order valence-corrected chi connectivity index (χ4v) is 1.73. The molecule has 0 aliphatic heterocycles. The third-order valence-corrected chi connectivity index (χ3v) is 2.69. The highest BCUT2D eigenvalue weighted by molar-refractivity contribution is 7.13. The van der Waals surface area contributed by atoms with Crippen LogP contribution < -0.4 is 10.8 Å². The summed E-state index contributed by atoms with van der Waals surface area (Å²) in [4.78, 5) is 24.5. The lowest BCUT2D eigenvalue weighted by Crippen LogP contribution is -2.23. The Labute approximate surface area is 108 Å². The van der Waals surface area contributed by atoms with Gasteiger partial charge in [0.2, 0.25) is 0 Å². The molecule has 0 unspecified atom stereocenters. The van der Waals surface area contributed by atoms with Gasteiger partial charge in [-0.1, -0.05) is 0 Å². The van der Waals surface area contributed by atoms with E-state index in [1.165, 1.54) is 17.5 Å². The quantitative estimate of drug-likeness (QED) is 0.807. The molecule has 0 aromatic carbocycles. The molecular formula is C11H12N4O2S. The van der Waals surface area contributed by atoms with Crippen LogP contribution in [0, 0.1) is 0 Å². The summed E-state index contributed by atoms with van der Waals surface area (Å²) >= 11 is 1.48. The number of amides is 1. The highest BCUT2D eigenvalue weighted by Gasteiger charge is 2.06. The lowest BCUT2D eigenvalue weighted by Gasteiger charge is -2.05. The van der Waals surface area contributed by atoms with E-state index in [1.807, 2.05) is 5.38 Å². The molecule has 0 spiro atoms. The van der Waals surface area contributed by atoms with Crippen molar-refractivity contribution in [2.45, 2.75) is 6.92 Å². The Morgan fingerprint density at radius 2 is 2.33 bits per heavy atom. The van der Waals surface area contributed by atoms with Gasteiger partial charge in [-0.3, -0.25) is 9.63 Å². The van der Waals surface area contributed by atoms with Gasteiger partial charge >= 0.3 is 0 Å². The van der Waals surface area contributed by atoms with Gasteiger partial charge in [0, 0.05) is 17.8 Å². The molecule has 0 bridgehead atoms. The Morgan fingerprint density at radius 3 is 2.94 bits per heavy atom. The number of anilines is 2. The minimum absolute atomic E-state index is 0.315. The van der Waals surface area contributed by atoms with Crippen molar-refractivity contribution in [1.29, 1.82) is 0 Å². The largest absolute Gasteiger partial charge is 0.316 e. The SMILES string of the molecule is CCONC(=O)c1ccc(Nc2nccs2)nc1. The third-order valence-electron chi connectivity index (χ3n) is 2.00. The van der Waals surface area contributed by atoms with Gasteiger partial charge in [-0.15, -0.1) is 11.3 Å². The summed E-state index contributed by atoms with van der Waals surface area (Å²) in [5, 5.41) is 5.65. The molecule has 2 heterocycles. The van der Waals surface area contributed by atoms with E-state index in [1.54, 1.807) is 25.3 Å². The molecule has 0 radical (unpaired) electrons.